The summed E-state index contributed by atoms with van der Waals surface area (Å²) in [5, 5.41) is 3.68. The Morgan fingerprint density at radius 1 is 1.04 bits per heavy atom. The van der Waals surface area contributed by atoms with Gasteiger partial charge in [0, 0.05) is 37.4 Å². The molecule has 0 spiro atoms. The standard InChI is InChI=1S/C24H32N2O2/c1-18-7-9-19(10-8-18)15-20-17-26(14-13-25-20)21-11-12-23(27-2)24(16-21)28-22-5-3-4-6-22/h7-12,16,20,22,25H,3-6,13-15,17H2,1-2H3. The average molecular weight is 381 g/mol. The molecule has 2 aromatic carbocycles. The average Bonchev–Trinajstić information content (AvgIpc) is 3.23. The minimum Gasteiger partial charge on any atom is -0.493 e. The molecule has 2 aromatic rings. The van der Waals surface area contributed by atoms with E-state index in [1.165, 1.54) is 29.7 Å². The topological polar surface area (TPSA) is 33.7 Å². The van der Waals surface area contributed by atoms with Crippen molar-refractivity contribution in [1.29, 1.82) is 0 Å². The van der Waals surface area contributed by atoms with Crippen LogP contribution in [0.15, 0.2) is 42.5 Å². The van der Waals surface area contributed by atoms with E-state index in [1.807, 2.05) is 0 Å². The van der Waals surface area contributed by atoms with E-state index in [4.69, 9.17) is 9.47 Å². The molecule has 4 rings (SSSR count). The van der Waals surface area contributed by atoms with Gasteiger partial charge in [-0.2, -0.15) is 0 Å². The first-order valence-corrected chi connectivity index (χ1v) is 10.6. The van der Waals surface area contributed by atoms with Gasteiger partial charge in [-0.05, 0) is 56.7 Å². The van der Waals surface area contributed by atoms with Crippen LogP contribution >= 0.6 is 0 Å². The highest BCUT2D eigenvalue weighted by atomic mass is 16.5. The number of anilines is 1. The number of piperazine rings is 1. The first-order valence-electron chi connectivity index (χ1n) is 10.6. The third-order valence-electron chi connectivity index (χ3n) is 5.97. The van der Waals surface area contributed by atoms with E-state index >= 15 is 0 Å². The lowest BCUT2D eigenvalue weighted by molar-refractivity contribution is 0.201. The molecule has 0 aromatic heterocycles. The second-order valence-corrected chi connectivity index (χ2v) is 8.15. The molecule has 1 atom stereocenters. The number of benzene rings is 2. The van der Waals surface area contributed by atoms with Gasteiger partial charge in [0.25, 0.3) is 0 Å². The maximum Gasteiger partial charge on any atom is 0.163 e. The molecule has 4 nitrogen and oxygen atoms in total. The van der Waals surface area contributed by atoms with E-state index in [0.717, 1.165) is 50.4 Å². The Balaban J connectivity index is 1.45. The zero-order chi connectivity index (χ0) is 19.3. The summed E-state index contributed by atoms with van der Waals surface area (Å²) in [6.07, 6.45) is 6.23. The van der Waals surface area contributed by atoms with Crippen LogP contribution in [-0.4, -0.2) is 38.9 Å². The third kappa shape index (κ3) is 4.61. The number of hydrogen-bond acceptors (Lipinski definition) is 4. The fourth-order valence-electron chi connectivity index (χ4n) is 4.35. The van der Waals surface area contributed by atoms with E-state index < -0.39 is 0 Å². The van der Waals surface area contributed by atoms with Gasteiger partial charge in [-0.3, -0.25) is 0 Å². The normalized spacial score (nSPS) is 20.4. The second-order valence-electron chi connectivity index (χ2n) is 8.15. The van der Waals surface area contributed by atoms with Crippen LogP contribution in [0.25, 0.3) is 0 Å². The van der Waals surface area contributed by atoms with E-state index in [9.17, 15) is 0 Å². The molecule has 1 N–H and O–H groups in total. The summed E-state index contributed by atoms with van der Waals surface area (Å²) >= 11 is 0. The van der Waals surface area contributed by atoms with Gasteiger partial charge < -0.3 is 19.7 Å². The fourth-order valence-corrected chi connectivity index (χ4v) is 4.35. The largest absolute Gasteiger partial charge is 0.493 e. The Labute approximate surface area is 168 Å². The van der Waals surface area contributed by atoms with Crippen LogP contribution in [0.4, 0.5) is 5.69 Å². The molecule has 1 heterocycles. The van der Waals surface area contributed by atoms with Crippen molar-refractivity contribution in [1.82, 2.24) is 5.32 Å². The minimum absolute atomic E-state index is 0.335. The highest BCUT2D eigenvalue weighted by molar-refractivity contribution is 5.57. The Hall–Kier alpha value is -2.20. The van der Waals surface area contributed by atoms with Crippen molar-refractivity contribution in [3.63, 3.8) is 0 Å². The van der Waals surface area contributed by atoms with E-state index in [-0.39, 0.29) is 0 Å². The lowest BCUT2D eigenvalue weighted by Gasteiger charge is -2.35. The van der Waals surface area contributed by atoms with Crippen LogP contribution in [0.2, 0.25) is 0 Å². The van der Waals surface area contributed by atoms with Gasteiger partial charge in [0.2, 0.25) is 0 Å². The van der Waals surface area contributed by atoms with Crippen molar-refractivity contribution in [2.45, 2.75) is 51.2 Å². The third-order valence-corrected chi connectivity index (χ3v) is 5.97. The Bertz CT molecular complexity index is 769. The summed E-state index contributed by atoms with van der Waals surface area (Å²) < 4.78 is 11.8. The Kier molecular flexibility index (Phi) is 6.06. The molecule has 0 radical (unpaired) electrons. The van der Waals surface area contributed by atoms with Gasteiger partial charge in [-0.1, -0.05) is 29.8 Å². The molecular formula is C24H32N2O2. The van der Waals surface area contributed by atoms with Gasteiger partial charge in [0.05, 0.1) is 13.2 Å². The van der Waals surface area contributed by atoms with Crippen molar-refractivity contribution >= 4 is 5.69 Å². The molecule has 2 fully saturated rings. The number of methoxy groups -OCH3 is 1. The zero-order valence-electron chi connectivity index (χ0n) is 17.1. The lowest BCUT2D eigenvalue weighted by atomic mass is 10.0. The SMILES string of the molecule is COc1ccc(N2CCNC(Cc3ccc(C)cc3)C2)cc1OC1CCCC1. The fraction of sp³-hybridized carbons (Fsp3) is 0.500. The Morgan fingerprint density at radius 2 is 1.82 bits per heavy atom. The molecule has 4 heteroatoms. The number of nitrogens with one attached hydrogen (secondary N) is 1. The number of hydrogen-bond donors (Lipinski definition) is 1. The molecule has 28 heavy (non-hydrogen) atoms. The van der Waals surface area contributed by atoms with Crippen LogP contribution in [0.1, 0.15) is 36.8 Å². The van der Waals surface area contributed by atoms with E-state index in [0.29, 0.717) is 12.1 Å². The first-order chi connectivity index (χ1) is 13.7. The molecule has 1 saturated heterocycles. The molecule has 1 saturated carbocycles. The molecule has 1 unspecified atom stereocenters. The number of ether oxygens (including phenoxy) is 2. The molecule has 1 aliphatic carbocycles. The van der Waals surface area contributed by atoms with E-state index in [1.54, 1.807) is 7.11 Å². The lowest BCUT2D eigenvalue weighted by Crippen LogP contribution is -2.51. The van der Waals surface area contributed by atoms with Crippen molar-refractivity contribution in [3.8, 4) is 11.5 Å². The van der Waals surface area contributed by atoms with Gasteiger partial charge in [-0.15, -0.1) is 0 Å². The molecule has 0 amide bonds. The summed E-state index contributed by atoms with van der Waals surface area (Å²) in [5.41, 5.74) is 3.93. The van der Waals surface area contributed by atoms with Crippen LogP contribution in [0.3, 0.4) is 0 Å². The molecule has 150 valence electrons. The maximum absolute atomic E-state index is 6.30. The van der Waals surface area contributed by atoms with Crippen LogP contribution in [0, 0.1) is 6.92 Å². The Morgan fingerprint density at radius 3 is 2.57 bits per heavy atom. The summed E-state index contributed by atoms with van der Waals surface area (Å²) in [7, 11) is 1.72. The maximum atomic E-state index is 6.30. The summed E-state index contributed by atoms with van der Waals surface area (Å²) in [4.78, 5) is 2.47. The van der Waals surface area contributed by atoms with Crippen LogP contribution in [0.5, 0.6) is 11.5 Å². The van der Waals surface area contributed by atoms with Gasteiger partial charge in [0.1, 0.15) is 0 Å². The van der Waals surface area contributed by atoms with Gasteiger partial charge in [0.15, 0.2) is 11.5 Å². The zero-order valence-corrected chi connectivity index (χ0v) is 17.1. The molecule has 0 bridgehead atoms. The first kappa shape index (κ1) is 19.1. The minimum atomic E-state index is 0.335. The summed E-state index contributed by atoms with van der Waals surface area (Å²) in [6, 6.07) is 15.7. The quantitative estimate of drug-likeness (QED) is 0.808. The van der Waals surface area contributed by atoms with Gasteiger partial charge >= 0.3 is 0 Å². The van der Waals surface area contributed by atoms with Crippen LogP contribution < -0.4 is 19.7 Å². The highest BCUT2D eigenvalue weighted by Crippen LogP contribution is 2.35. The van der Waals surface area contributed by atoms with Crippen LogP contribution in [-0.2, 0) is 6.42 Å². The predicted molar refractivity (Wildman–Crippen MR) is 115 cm³/mol. The highest BCUT2D eigenvalue weighted by Gasteiger charge is 2.23. The summed E-state index contributed by atoms with van der Waals surface area (Å²) in [5.74, 6) is 1.72. The van der Waals surface area contributed by atoms with Gasteiger partial charge in [-0.25, -0.2) is 0 Å². The number of rotatable bonds is 6. The number of aryl methyl sites for hydroxylation is 1. The molecule has 2 aliphatic rings. The smallest absolute Gasteiger partial charge is 0.163 e. The molecular weight excluding hydrogens is 348 g/mol. The van der Waals surface area contributed by atoms with Crippen molar-refractivity contribution in [2.75, 3.05) is 31.6 Å². The monoisotopic (exact) mass is 380 g/mol. The van der Waals surface area contributed by atoms with E-state index in [2.05, 4.69) is 59.6 Å². The van der Waals surface area contributed by atoms with Crippen molar-refractivity contribution in [3.05, 3.63) is 53.6 Å². The molecule has 1 aliphatic heterocycles. The van der Waals surface area contributed by atoms with Crippen molar-refractivity contribution in [2.24, 2.45) is 0 Å². The number of nitrogens with zero attached hydrogens (tertiary/aromatic N) is 1. The second kappa shape index (κ2) is 8.87. The predicted octanol–water partition coefficient (Wildman–Crippen LogP) is 4.35. The van der Waals surface area contributed by atoms with Crippen molar-refractivity contribution < 1.29 is 9.47 Å². The summed E-state index contributed by atoms with van der Waals surface area (Å²) in [6.45, 7) is 5.16.